The fraction of sp³-hybridized carbons (Fsp3) is 0.312. The number of para-hydroxylation sites is 1. The molecule has 0 radical (unpaired) electrons. The van der Waals surface area contributed by atoms with Crippen LogP contribution in [0.4, 0.5) is 10.5 Å². The van der Waals surface area contributed by atoms with Gasteiger partial charge in [0.2, 0.25) is 0 Å². The lowest BCUT2D eigenvalue weighted by Crippen LogP contribution is -2.40. The third-order valence-electron chi connectivity index (χ3n) is 4.08. The zero-order valence-corrected chi connectivity index (χ0v) is 12.1. The molecule has 1 N–H and O–H groups in total. The maximum atomic E-state index is 11.7. The lowest BCUT2D eigenvalue weighted by atomic mass is 10.0. The molecule has 1 aromatic carbocycles. The summed E-state index contributed by atoms with van der Waals surface area (Å²) in [7, 11) is 1.95. The Morgan fingerprint density at radius 1 is 1.45 bits per heavy atom. The highest BCUT2D eigenvalue weighted by atomic mass is 16.7. The van der Waals surface area contributed by atoms with E-state index in [0.717, 1.165) is 0 Å². The van der Waals surface area contributed by atoms with Gasteiger partial charge in [-0.2, -0.15) is 5.26 Å². The molecule has 2 heterocycles. The van der Waals surface area contributed by atoms with Crippen LogP contribution in [0.5, 0.6) is 0 Å². The third-order valence-corrected chi connectivity index (χ3v) is 4.08. The number of amides is 1. The number of likely N-dealkylation sites (N-methyl/N-ethyl adjacent to an activating group) is 1. The van der Waals surface area contributed by atoms with Crippen LogP contribution >= 0.6 is 0 Å². The van der Waals surface area contributed by atoms with Crippen LogP contribution in [-0.2, 0) is 4.84 Å². The molecule has 6 nitrogen and oxygen atoms in total. The second-order valence-electron chi connectivity index (χ2n) is 5.39. The van der Waals surface area contributed by atoms with Crippen LogP contribution < -0.4 is 5.32 Å². The Labute approximate surface area is 128 Å². The van der Waals surface area contributed by atoms with E-state index in [1.165, 1.54) is 0 Å². The number of nitrogens with one attached hydrogen (secondary N) is 1. The number of fused-ring (bicyclic) bond motifs is 2. The zero-order valence-electron chi connectivity index (χ0n) is 12.1. The first kappa shape index (κ1) is 14.3. The van der Waals surface area contributed by atoms with E-state index in [-0.39, 0.29) is 18.0 Å². The van der Waals surface area contributed by atoms with Crippen LogP contribution in [0, 0.1) is 17.2 Å². The molecule has 0 spiro atoms. The molecule has 2 bridgehead atoms. The summed E-state index contributed by atoms with van der Waals surface area (Å²) >= 11 is 0. The zero-order chi connectivity index (χ0) is 15.5. The number of benzene rings is 1. The fourth-order valence-electron chi connectivity index (χ4n) is 2.92. The van der Waals surface area contributed by atoms with E-state index in [0.29, 0.717) is 17.8 Å². The highest BCUT2D eigenvalue weighted by Crippen LogP contribution is 2.33. The van der Waals surface area contributed by atoms with E-state index in [4.69, 9.17) is 10.1 Å². The number of anilines is 1. The van der Waals surface area contributed by atoms with Crippen molar-refractivity contribution in [3.63, 3.8) is 0 Å². The molecule has 2 aliphatic heterocycles. The first-order valence-corrected chi connectivity index (χ1v) is 7.09. The molecule has 2 aliphatic rings. The van der Waals surface area contributed by atoms with Gasteiger partial charge in [-0.1, -0.05) is 29.4 Å². The number of hydrogen-bond acceptors (Lipinski definition) is 5. The molecule has 112 valence electrons. The first-order valence-electron chi connectivity index (χ1n) is 7.09. The first-order chi connectivity index (χ1) is 10.7. The molecule has 22 heavy (non-hydrogen) atoms. The minimum absolute atomic E-state index is 0.0178. The van der Waals surface area contributed by atoms with Gasteiger partial charge in [0.1, 0.15) is 0 Å². The summed E-state index contributed by atoms with van der Waals surface area (Å²) in [5.74, 6) is -0.0444. The summed E-state index contributed by atoms with van der Waals surface area (Å²) in [6, 6.07) is 11.5. The molecule has 1 aromatic rings. The van der Waals surface area contributed by atoms with Gasteiger partial charge in [0, 0.05) is 11.7 Å². The molecule has 1 fully saturated rings. The monoisotopic (exact) mass is 296 g/mol. The van der Waals surface area contributed by atoms with Crippen LogP contribution in [0.1, 0.15) is 6.42 Å². The number of nitriles is 1. The van der Waals surface area contributed by atoms with Crippen LogP contribution in [0.25, 0.3) is 0 Å². The predicted molar refractivity (Wildman–Crippen MR) is 82.2 cm³/mol. The average molecular weight is 296 g/mol. The summed E-state index contributed by atoms with van der Waals surface area (Å²) in [6.45, 7) is 0. The molecule has 0 aromatic heterocycles. The molecule has 3 atom stereocenters. The van der Waals surface area contributed by atoms with Crippen molar-refractivity contribution in [1.29, 1.82) is 5.26 Å². The standard InChI is InChI=1S/C16H16N4O2/c1-20-14-8-7-13(15(20)9-11(14)10-17)19-22-16(21)18-12-5-3-2-4-6-12/h2-8,11,14-15H,9H2,1H3,(H,18,21)/b19-13+. The number of nitrogens with zero attached hydrogens (tertiary/aromatic N) is 3. The lowest BCUT2D eigenvalue weighted by molar-refractivity contribution is 0.165. The van der Waals surface area contributed by atoms with Crippen molar-refractivity contribution < 1.29 is 9.63 Å². The quantitative estimate of drug-likeness (QED) is 0.671. The largest absolute Gasteiger partial charge is 0.437 e. The Kier molecular flexibility index (Phi) is 3.90. The molecule has 6 heteroatoms. The Morgan fingerprint density at radius 2 is 2.23 bits per heavy atom. The summed E-state index contributed by atoms with van der Waals surface area (Å²) < 4.78 is 0. The smallest absolute Gasteiger partial charge is 0.297 e. The molecular formula is C16H16N4O2. The minimum atomic E-state index is -0.633. The average Bonchev–Trinajstić information content (AvgIpc) is 2.73. The van der Waals surface area contributed by atoms with Crippen molar-refractivity contribution in [3.8, 4) is 6.07 Å². The Hall–Kier alpha value is -2.65. The lowest BCUT2D eigenvalue weighted by Gasteiger charge is -2.27. The number of rotatable bonds is 2. The Bertz CT molecular complexity index is 662. The number of carbonyl (C=O) groups excluding carboxylic acids is 1. The number of carbonyl (C=O) groups is 1. The van der Waals surface area contributed by atoms with Gasteiger partial charge in [0.25, 0.3) is 0 Å². The van der Waals surface area contributed by atoms with E-state index in [1.54, 1.807) is 12.1 Å². The van der Waals surface area contributed by atoms with Gasteiger partial charge in [-0.3, -0.25) is 15.1 Å². The molecule has 3 unspecified atom stereocenters. The van der Waals surface area contributed by atoms with Gasteiger partial charge in [-0.25, -0.2) is 4.79 Å². The predicted octanol–water partition coefficient (Wildman–Crippen LogP) is 2.37. The van der Waals surface area contributed by atoms with Crippen LogP contribution in [-0.4, -0.2) is 35.8 Å². The van der Waals surface area contributed by atoms with Crippen molar-refractivity contribution >= 4 is 17.5 Å². The highest BCUT2D eigenvalue weighted by Gasteiger charge is 2.42. The topological polar surface area (TPSA) is 77.7 Å². The molecule has 1 saturated heterocycles. The van der Waals surface area contributed by atoms with Crippen molar-refractivity contribution in [2.75, 3.05) is 12.4 Å². The fourth-order valence-corrected chi connectivity index (χ4v) is 2.92. The Balaban J connectivity index is 1.64. The molecular weight excluding hydrogens is 280 g/mol. The Morgan fingerprint density at radius 3 is 2.95 bits per heavy atom. The van der Waals surface area contributed by atoms with E-state index in [2.05, 4.69) is 21.4 Å². The van der Waals surface area contributed by atoms with Gasteiger partial charge in [-0.05, 0) is 31.7 Å². The van der Waals surface area contributed by atoms with Crippen LogP contribution in [0.3, 0.4) is 0 Å². The summed E-state index contributed by atoms with van der Waals surface area (Å²) in [5, 5.41) is 15.7. The van der Waals surface area contributed by atoms with Gasteiger partial charge in [0.05, 0.1) is 23.7 Å². The van der Waals surface area contributed by atoms with Gasteiger partial charge < -0.3 is 0 Å². The molecule has 0 saturated carbocycles. The maximum Gasteiger partial charge on any atom is 0.437 e. The minimum Gasteiger partial charge on any atom is -0.297 e. The molecule has 1 amide bonds. The summed E-state index contributed by atoms with van der Waals surface area (Å²) in [6.07, 6.45) is 3.84. The third kappa shape index (κ3) is 2.71. The van der Waals surface area contributed by atoms with Crippen LogP contribution in [0.2, 0.25) is 0 Å². The van der Waals surface area contributed by atoms with Crippen LogP contribution in [0.15, 0.2) is 47.6 Å². The summed E-state index contributed by atoms with van der Waals surface area (Å²) in [5.41, 5.74) is 1.31. The van der Waals surface area contributed by atoms with E-state index < -0.39 is 6.09 Å². The normalized spacial score (nSPS) is 28.4. The molecule has 3 rings (SSSR count). The number of hydrogen-bond donors (Lipinski definition) is 1. The van der Waals surface area contributed by atoms with Gasteiger partial charge >= 0.3 is 6.09 Å². The van der Waals surface area contributed by atoms with Crippen molar-refractivity contribution in [2.24, 2.45) is 11.1 Å². The highest BCUT2D eigenvalue weighted by molar-refractivity contribution is 6.01. The van der Waals surface area contributed by atoms with E-state index in [1.807, 2.05) is 37.4 Å². The summed E-state index contributed by atoms with van der Waals surface area (Å²) in [4.78, 5) is 18.8. The maximum absolute atomic E-state index is 11.7. The van der Waals surface area contributed by atoms with E-state index >= 15 is 0 Å². The number of oxime groups is 1. The van der Waals surface area contributed by atoms with Crippen molar-refractivity contribution in [1.82, 2.24) is 4.90 Å². The van der Waals surface area contributed by atoms with Crippen molar-refractivity contribution in [2.45, 2.75) is 18.5 Å². The van der Waals surface area contributed by atoms with Gasteiger partial charge in [-0.15, -0.1) is 0 Å². The van der Waals surface area contributed by atoms with E-state index in [9.17, 15) is 4.79 Å². The second-order valence-corrected chi connectivity index (χ2v) is 5.39. The SMILES string of the molecule is CN1C2CC(C#N)C1C=C/C2=N\OC(=O)Nc1ccccc1. The van der Waals surface area contributed by atoms with Crippen molar-refractivity contribution in [3.05, 3.63) is 42.5 Å². The van der Waals surface area contributed by atoms with Gasteiger partial charge in [0.15, 0.2) is 0 Å². The second kappa shape index (κ2) is 6.00. The molecule has 0 aliphatic carbocycles.